The van der Waals surface area contributed by atoms with Crippen LogP contribution in [-0.4, -0.2) is 35.2 Å². The van der Waals surface area contributed by atoms with Gasteiger partial charge in [-0.3, -0.25) is 0 Å². The zero-order chi connectivity index (χ0) is 18.5. The van der Waals surface area contributed by atoms with Crippen LogP contribution in [-0.2, 0) is 4.74 Å². The normalized spacial score (nSPS) is 17.0. The number of carbonyl (C=O) groups is 1. The van der Waals surface area contributed by atoms with E-state index in [1.54, 1.807) is 0 Å². The van der Waals surface area contributed by atoms with Crippen molar-refractivity contribution in [2.24, 2.45) is 0 Å². The minimum Gasteiger partial charge on any atom is -0.462 e. The van der Waals surface area contributed by atoms with Crippen LogP contribution in [0.15, 0.2) is 36.4 Å². The third-order valence-electron chi connectivity index (χ3n) is 4.57. The Morgan fingerprint density at radius 3 is 2.81 bits per heavy atom. The van der Waals surface area contributed by atoms with E-state index in [2.05, 4.69) is 17.1 Å². The fraction of sp³-hybridized carbons (Fsp3) is 0.400. The number of carbonyl (C=O) groups excluding carboxylic acids is 1. The van der Waals surface area contributed by atoms with Crippen molar-refractivity contribution < 1.29 is 9.53 Å². The lowest BCUT2D eigenvalue weighted by Gasteiger charge is -2.35. The maximum absolute atomic E-state index is 12.4. The van der Waals surface area contributed by atoms with Gasteiger partial charge in [-0.1, -0.05) is 30.3 Å². The first-order valence-corrected chi connectivity index (χ1v) is 10.3. The number of thiophene rings is 1. The molecule has 1 atom stereocenters. The molecule has 26 heavy (non-hydrogen) atoms. The monoisotopic (exact) mass is 388 g/mol. The molecule has 0 amide bonds. The number of nitrogens with one attached hydrogen (secondary N) is 1. The zero-order valence-corrected chi connectivity index (χ0v) is 16.8. The average Bonchev–Trinajstić information content (AvgIpc) is 3.07. The second-order valence-electron chi connectivity index (χ2n) is 6.41. The summed E-state index contributed by atoms with van der Waals surface area (Å²) in [5.74, 6) is -0.317. The first kappa shape index (κ1) is 18.9. The third-order valence-corrected chi connectivity index (χ3v) is 6.01. The lowest BCUT2D eigenvalue weighted by atomic mass is 10.0. The molecule has 0 saturated carbocycles. The molecule has 1 N–H and O–H groups in total. The molecule has 0 aliphatic carbocycles. The minimum absolute atomic E-state index is 0.317. The van der Waals surface area contributed by atoms with E-state index in [9.17, 15) is 4.79 Å². The quantitative estimate of drug-likeness (QED) is 0.578. The standard InChI is InChI=1S/C20H24N2O2S2/c1-3-24-19(23)16-13-17(15-10-5-4-6-11-15)26-18(16)21-20(25)22-12-8-7-9-14(22)2/h4-6,10-11,13-14H,3,7-9,12H2,1-2H3,(H,21,25). The van der Waals surface area contributed by atoms with Crippen LogP contribution in [0.3, 0.4) is 0 Å². The number of benzene rings is 1. The minimum atomic E-state index is -0.317. The molecule has 1 unspecified atom stereocenters. The van der Waals surface area contributed by atoms with E-state index in [0.29, 0.717) is 23.3 Å². The highest BCUT2D eigenvalue weighted by atomic mass is 32.1. The van der Waals surface area contributed by atoms with Crippen molar-refractivity contribution in [1.29, 1.82) is 0 Å². The summed E-state index contributed by atoms with van der Waals surface area (Å²) >= 11 is 7.17. The number of hydrogen-bond donors (Lipinski definition) is 1. The highest BCUT2D eigenvalue weighted by Crippen LogP contribution is 2.36. The Kier molecular flexibility index (Phi) is 6.27. The second kappa shape index (κ2) is 8.64. The van der Waals surface area contributed by atoms with Crippen LogP contribution < -0.4 is 5.32 Å². The Bertz CT molecular complexity index is 773. The smallest absolute Gasteiger partial charge is 0.341 e. The SMILES string of the molecule is CCOC(=O)c1cc(-c2ccccc2)sc1NC(=S)N1CCCCC1C. The van der Waals surface area contributed by atoms with Gasteiger partial charge >= 0.3 is 5.97 Å². The third kappa shape index (κ3) is 4.24. The summed E-state index contributed by atoms with van der Waals surface area (Å²) in [6.07, 6.45) is 3.54. The summed E-state index contributed by atoms with van der Waals surface area (Å²) in [6, 6.07) is 12.4. The van der Waals surface area contributed by atoms with Gasteiger partial charge in [-0.05, 0) is 57.0 Å². The summed E-state index contributed by atoms with van der Waals surface area (Å²) in [7, 11) is 0. The maximum atomic E-state index is 12.4. The highest BCUT2D eigenvalue weighted by molar-refractivity contribution is 7.80. The van der Waals surface area contributed by atoms with Crippen molar-refractivity contribution in [3.8, 4) is 10.4 Å². The summed E-state index contributed by atoms with van der Waals surface area (Å²) in [5.41, 5.74) is 1.62. The molecule has 2 heterocycles. The molecule has 1 aliphatic heterocycles. The van der Waals surface area contributed by atoms with Crippen molar-refractivity contribution in [2.75, 3.05) is 18.5 Å². The fourth-order valence-electron chi connectivity index (χ4n) is 3.16. The number of nitrogens with zero attached hydrogens (tertiary/aromatic N) is 1. The zero-order valence-electron chi connectivity index (χ0n) is 15.2. The molecule has 2 aromatic rings. The number of ether oxygens (including phenoxy) is 1. The van der Waals surface area contributed by atoms with Crippen LogP contribution in [0.4, 0.5) is 5.00 Å². The number of thiocarbonyl (C=S) groups is 1. The molecule has 3 rings (SSSR count). The molecule has 0 radical (unpaired) electrons. The number of esters is 1. The predicted molar refractivity (Wildman–Crippen MR) is 112 cm³/mol. The number of piperidine rings is 1. The van der Waals surface area contributed by atoms with Gasteiger partial charge < -0.3 is 15.0 Å². The van der Waals surface area contributed by atoms with Crippen LogP contribution in [0.25, 0.3) is 10.4 Å². The van der Waals surface area contributed by atoms with E-state index in [4.69, 9.17) is 17.0 Å². The average molecular weight is 389 g/mol. The fourth-order valence-corrected chi connectivity index (χ4v) is 4.65. The lowest BCUT2D eigenvalue weighted by molar-refractivity contribution is 0.0528. The Hall–Kier alpha value is -1.92. The first-order chi connectivity index (χ1) is 12.6. The molecule has 1 aromatic heterocycles. The molecular formula is C20H24N2O2S2. The number of hydrogen-bond acceptors (Lipinski definition) is 4. The van der Waals surface area contributed by atoms with Crippen LogP contribution in [0.2, 0.25) is 0 Å². The predicted octanol–water partition coefficient (Wildman–Crippen LogP) is 5.16. The van der Waals surface area contributed by atoms with Crippen molar-refractivity contribution in [2.45, 2.75) is 39.2 Å². The molecule has 4 nitrogen and oxygen atoms in total. The molecule has 1 aromatic carbocycles. The maximum Gasteiger partial charge on any atom is 0.341 e. The van der Waals surface area contributed by atoms with Crippen LogP contribution >= 0.6 is 23.6 Å². The molecule has 1 aliphatic rings. The van der Waals surface area contributed by atoms with Crippen LogP contribution in [0, 0.1) is 0 Å². The van der Waals surface area contributed by atoms with Gasteiger partial charge in [0.15, 0.2) is 5.11 Å². The van der Waals surface area contributed by atoms with E-state index in [-0.39, 0.29) is 5.97 Å². The summed E-state index contributed by atoms with van der Waals surface area (Å²) in [4.78, 5) is 15.7. The molecule has 138 valence electrons. The summed E-state index contributed by atoms with van der Waals surface area (Å²) < 4.78 is 5.24. The first-order valence-electron chi connectivity index (χ1n) is 9.04. The lowest BCUT2D eigenvalue weighted by Crippen LogP contribution is -2.44. The van der Waals surface area contributed by atoms with Crippen LogP contribution in [0.1, 0.15) is 43.5 Å². The highest BCUT2D eigenvalue weighted by Gasteiger charge is 2.24. The molecule has 1 saturated heterocycles. The van der Waals surface area contributed by atoms with Crippen molar-refractivity contribution >= 4 is 39.6 Å². The Labute approximate surface area is 164 Å². The van der Waals surface area contributed by atoms with Gasteiger partial charge in [-0.25, -0.2) is 4.79 Å². The Morgan fingerprint density at radius 2 is 2.12 bits per heavy atom. The van der Waals surface area contributed by atoms with E-state index in [1.165, 1.54) is 17.8 Å². The van der Waals surface area contributed by atoms with E-state index < -0.39 is 0 Å². The van der Waals surface area contributed by atoms with Crippen molar-refractivity contribution in [3.05, 3.63) is 42.0 Å². The van der Waals surface area contributed by atoms with Crippen molar-refractivity contribution in [1.82, 2.24) is 4.90 Å². The van der Waals surface area contributed by atoms with Gasteiger partial charge in [0, 0.05) is 17.5 Å². The van der Waals surface area contributed by atoms with Crippen LogP contribution in [0.5, 0.6) is 0 Å². The van der Waals surface area contributed by atoms with E-state index >= 15 is 0 Å². The number of likely N-dealkylation sites (tertiary alicyclic amines) is 1. The molecule has 6 heteroatoms. The Balaban J connectivity index is 1.87. The summed E-state index contributed by atoms with van der Waals surface area (Å²) in [5, 5.41) is 4.75. The van der Waals surface area contributed by atoms with Gasteiger partial charge in [0.2, 0.25) is 0 Å². The topological polar surface area (TPSA) is 41.6 Å². The van der Waals surface area contributed by atoms with Crippen molar-refractivity contribution in [3.63, 3.8) is 0 Å². The Morgan fingerprint density at radius 1 is 1.35 bits per heavy atom. The largest absolute Gasteiger partial charge is 0.462 e. The van der Waals surface area contributed by atoms with Gasteiger partial charge in [0.25, 0.3) is 0 Å². The van der Waals surface area contributed by atoms with E-state index in [1.807, 2.05) is 43.3 Å². The molecule has 0 bridgehead atoms. The number of rotatable bonds is 4. The second-order valence-corrected chi connectivity index (χ2v) is 7.85. The number of anilines is 1. The van der Waals surface area contributed by atoms with Gasteiger partial charge in [0.1, 0.15) is 5.00 Å². The van der Waals surface area contributed by atoms with Gasteiger partial charge in [-0.2, -0.15) is 0 Å². The molecule has 1 fully saturated rings. The summed E-state index contributed by atoms with van der Waals surface area (Å²) in [6.45, 7) is 5.32. The van der Waals surface area contributed by atoms with Gasteiger partial charge in [0.05, 0.1) is 12.2 Å². The molecule has 0 spiro atoms. The molecular weight excluding hydrogens is 364 g/mol. The van der Waals surface area contributed by atoms with Gasteiger partial charge in [-0.15, -0.1) is 11.3 Å². The van der Waals surface area contributed by atoms with E-state index in [0.717, 1.165) is 34.8 Å².